The maximum atomic E-state index is 12.3. The molecule has 26 heavy (non-hydrogen) atoms. The van der Waals surface area contributed by atoms with E-state index in [1.807, 2.05) is 16.7 Å². The third kappa shape index (κ3) is 5.11. The highest BCUT2D eigenvalue weighted by molar-refractivity contribution is 7.91. The third-order valence-corrected chi connectivity index (χ3v) is 7.60. The zero-order valence-corrected chi connectivity index (χ0v) is 16.6. The number of nitrogens with one attached hydrogen (secondary N) is 1. The van der Waals surface area contributed by atoms with Gasteiger partial charge >= 0.3 is 0 Å². The van der Waals surface area contributed by atoms with Crippen LogP contribution in [0.15, 0.2) is 4.99 Å². The lowest BCUT2D eigenvalue weighted by Gasteiger charge is -2.37. The molecule has 1 atom stereocenters. The second-order valence-corrected chi connectivity index (χ2v) is 10.0. The van der Waals surface area contributed by atoms with Gasteiger partial charge in [-0.2, -0.15) is 0 Å². The number of likely N-dealkylation sites (N-methyl/N-ethyl adjacent to an activating group) is 1. The van der Waals surface area contributed by atoms with E-state index in [4.69, 9.17) is 4.99 Å². The molecule has 0 aromatic rings. The molecule has 0 aromatic heterocycles. The molecule has 1 amide bonds. The average Bonchev–Trinajstić information content (AvgIpc) is 2.98. The maximum absolute atomic E-state index is 12.3. The van der Waals surface area contributed by atoms with Crippen LogP contribution in [0.3, 0.4) is 0 Å². The Morgan fingerprint density at radius 3 is 2.58 bits per heavy atom. The van der Waals surface area contributed by atoms with Crippen molar-refractivity contribution >= 4 is 21.7 Å². The fourth-order valence-corrected chi connectivity index (χ4v) is 5.97. The van der Waals surface area contributed by atoms with Crippen LogP contribution in [0.4, 0.5) is 0 Å². The summed E-state index contributed by atoms with van der Waals surface area (Å²) >= 11 is 0. The van der Waals surface area contributed by atoms with Gasteiger partial charge in [-0.05, 0) is 32.1 Å². The Morgan fingerprint density at radius 2 is 1.96 bits per heavy atom. The van der Waals surface area contributed by atoms with Crippen LogP contribution in [0.2, 0.25) is 0 Å². The van der Waals surface area contributed by atoms with Crippen LogP contribution < -0.4 is 5.32 Å². The zero-order valence-electron chi connectivity index (χ0n) is 15.8. The Balaban J connectivity index is 1.66. The van der Waals surface area contributed by atoms with Crippen LogP contribution in [0.25, 0.3) is 0 Å². The van der Waals surface area contributed by atoms with Gasteiger partial charge in [-0.3, -0.25) is 9.79 Å². The second kappa shape index (κ2) is 8.59. The number of carbonyl (C=O) groups is 1. The number of guanidine groups is 1. The van der Waals surface area contributed by atoms with Gasteiger partial charge in [0.25, 0.3) is 0 Å². The normalized spacial score (nSPS) is 27.8. The Kier molecular flexibility index (Phi) is 6.42. The first-order valence-corrected chi connectivity index (χ1v) is 11.8. The molecule has 2 aliphatic heterocycles. The molecule has 7 nitrogen and oxygen atoms in total. The van der Waals surface area contributed by atoms with Crippen molar-refractivity contribution in [2.24, 2.45) is 10.9 Å². The average molecular weight is 385 g/mol. The first-order chi connectivity index (χ1) is 12.5. The smallest absolute Gasteiger partial charge is 0.242 e. The molecule has 1 saturated carbocycles. The zero-order chi connectivity index (χ0) is 18.6. The van der Waals surface area contributed by atoms with Crippen molar-refractivity contribution in [1.29, 1.82) is 0 Å². The number of piperazine rings is 1. The first kappa shape index (κ1) is 19.5. The van der Waals surface area contributed by atoms with E-state index in [0.29, 0.717) is 25.6 Å². The number of rotatable bonds is 4. The molecular formula is C18H32N4O3S. The summed E-state index contributed by atoms with van der Waals surface area (Å²) in [6.07, 6.45) is 6.73. The summed E-state index contributed by atoms with van der Waals surface area (Å²) in [6, 6.07) is 0.411. The number of carbonyl (C=O) groups excluding carboxylic acids is 1. The molecule has 8 heteroatoms. The Morgan fingerprint density at radius 1 is 1.19 bits per heavy atom. The van der Waals surface area contributed by atoms with E-state index in [1.54, 1.807) is 0 Å². The molecule has 1 unspecified atom stereocenters. The topological polar surface area (TPSA) is 82.1 Å². The van der Waals surface area contributed by atoms with Crippen molar-refractivity contribution in [1.82, 2.24) is 15.1 Å². The van der Waals surface area contributed by atoms with Crippen molar-refractivity contribution in [2.75, 3.05) is 44.2 Å². The lowest BCUT2D eigenvalue weighted by molar-refractivity contribution is -0.134. The van der Waals surface area contributed by atoms with Gasteiger partial charge in [-0.15, -0.1) is 0 Å². The van der Waals surface area contributed by atoms with Crippen molar-refractivity contribution in [3.05, 3.63) is 0 Å². The number of hydrogen-bond acceptors (Lipinski definition) is 4. The van der Waals surface area contributed by atoms with E-state index >= 15 is 0 Å². The van der Waals surface area contributed by atoms with E-state index in [0.717, 1.165) is 38.4 Å². The van der Waals surface area contributed by atoms with Crippen molar-refractivity contribution in [3.63, 3.8) is 0 Å². The molecule has 148 valence electrons. The minimum atomic E-state index is -2.88. The second-order valence-electron chi connectivity index (χ2n) is 7.81. The summed E-state index contributed by atoms with van der Waals surface area (Å²) in [5.41, 5.74) is 0. The monoisotopic (exact) mass is 384 g/mol. The Bertz CT molecular complexity index is 628. The SMILES string of the molecule is CCN1CCN(C(=NCC2CCS(=O)(=O)C2)NC2CCCCC2)CC1=O. The van der Waals surface area contributed by atoms with Gasteiger partial charge in [0.05, 0.1) is 18.1 Å². The van der Waals surface area contributed by atoms with E-state index in [9.17, 15) is 13.2 Å². The van der Waals surface area contributed by atoms with Crippen LogP contribution >= 0.6 is 0 Å². The molecule has 2 heterocycles. The lowest BCUT2D eigenvalue weighted by Crippen LogP contribution is -2.56. The van der Waals surface area contributed by atoms with Gasteiger partial charge in [0.1, 0.15) is 0 Å². The Labute approximate surface area is 157 Å². The minimum absolute atomic E-state index is 0.107. The lowest BCUT2D eigenvalue weighted by atomic mass is 9.96. The summed E-state index contributed by atoms with van der Waals surface area (Å²) in [5, 5.41) is 3.58. The fraction of sp³-hybridized carbons (Fsp3) is 0.889. The van der Waals surface area contributed by atoms with Crippen LogP contribution in [-0.4, -0.2) is 80.4 Å². The van der Waals surface area contributed by atoms with Crippen molar-refractivity contribution < 1.29 is 13.2 Å². The number of hydrogen-bond donors (Lipinski definition) is 1. The molecule has 1 aliphatic carbocycles. The number of aliphatic imine (C=N–C) groups is 1. The third-order valence-electron chi connectivity index (χ3n) is 5.76. The highest BCUT2D eigenvalue weighted by atomic mass is 32.2. The molecule has 2 saturated heterocycles. The predicted octanol–water partition coefficient (Wildman–Crippen LogP) is 0.864. The van der Waals surface area contributed by atoms with E-state index in [2.05, 4.69) is 5.32 Å². The standard InChI is InChI=1S/C18H32N4O3S/c1-2-21-9-10-22(13-17(21)23)18(20-16-6-4-3-5-7-16)19-12-15-8-11-26(24,25)14-15/h15-16H,2-14H2,1H3,(H,19,20). The van der Waals surface area contributed by atoms with Crippen LogP contribution in [-0.2, 0) is 14.6 Å². The minimum Gasteiger partial charge on any atom is -0.353 e. The first-order valence-electron chi connectivity index (χ1n) is 10.0. The van der Waals surface area contributed by atoms with Crippen LogP contribution in [0, 0.1) is 5.92 Å². The van der Waals surface area contributed by atoms with Crippen molar-refractivity contribution in [3.8, 4) is 0 Å². The fourth-order valence-electron chi connectivity index (χ4n) is 4.12. The highest BCUT2D eigenvalue weighted by Gasteiger charge is 2.29. The molecular weight excluding hydrogens is 352 g/mol. The molecule has 1 N–H and O–H groups in total. The van der Waals surface area contributed by atoms with Gasteiger partial charge in [-0.1, -0.05) is 19.3 Å². The largest absolute Gasteiger partial charge is 0.353 e. The molecule has 0 radical (unpaired) electrons. The summed E-state index contributed by atoms with van der Waals surface area (Å²) in [6.45, 7) is 5.13. The summed E-state index contributed by atoms with van der Waals surface area (Å²) in [4.78, 5) is 21.0. The van der Waals surface area contributed by atoms with Crippen molar-refractivity contribution in [2.45, 2.75) is 51.5 Å². The van der Waals surface area contributed by atoms with E-state index < -0.39 is 9.84 Å². The van der Waals surface area contributed by atoms with Gasteiger partial charge in [-0.25, -0.2) is 8.42 Å². The summed E-state index contributed by atoms with van der Waals surface area (Å²) < 4.78 is 23.4. The maximum Gasteiger partial charge on any atom is 0.242 e. The van der Waals surface area contributed by atoms with Crippen LogP contribution in [0.5, 0.6) is 0 Å². The van der Waals surface area contributed by atoms with E-state index in [-0.39, 0.29) is 23.3 Å². The van der Waals surface area contributed by atoms with Gasteiger partial charge in [0.15, 0.2) is 15.8 Å². The van der Waals surface area contributed by atoms with Crippen LogP contribution in [0.1, 0.15) is 45.4 Å². The molecule has 3 fully saturated rings. The molecule has 0 aromatic carbocycles. The summed E-state index contributed by atoms with van der Waals surface area (Å²) in [7, 11) is -2.88. The Hall–Kier alpha value is -1.31. The van der Waals surface area contributed by atoms with Gasteiger partial charge in [0, 0.05) is 32.2 Å². The summed E-state index contributed by atoms with van der Waals surface area (Å²) in [5.74, 6) is 1.57. The van der Waals surface area contributed by atoms with Gasteiger partial charge in [0.2, 0.25) is 5.91 Å². The highest BCUT2D eigenvalue weighted by Crippen LogP contribution is 2.20. The van der Waals surface area contributed by atoms with E-state index in [1.165, 1.54) is 19.3 Å². The number of amides is 1. The quantitative estimate of drug-likeness (QED) is 0.574. The molecule has 3 rings (SSSR count). The number of sulfone groups is 1. The molecule has 0 bridgehead atoms. The number of nitrogens with zero attached hydrogens (tertiary/aromatic N) is 3. The van der Waals surface area contributed by atoms with Gasteiger partial charge < -0.3 is 15.1 Å². The molecule has 3 aliphatic rings. The predicted molar refractivity (Wildman–Crippen MR) is 103 cm³/mol. The molecule has 0 spiro atoms.